The van der Waals surface area contributed by atoms with Crippen molar-refractivity contribution in [2.75, 3.05) is 6.61 Å². The third kappa shape index (κ3) is 5.27. The zero-order chi connectivity index (χ0) is 15.8. The molecule has 0 atom stereocenters. The molecule has 0 unspecified atom stereocenters. The molecule has 21 heavy (non-hydrogen) atoms. The monoisotopic (exact) mass is 290 g/mol. The summed E-state index contributed by atoms with van der Waals surface area (Å²) in [6.45, 7) is 4.68. The highest BCUT2D eigenvalue weighted by Crippen LogP contribution is 2.14. The predicted octanol–water partition coefficient (Wildman–Crippen LogP) is 1.80. The molecule has 7 heteroatoms. The Morgan fingerprint density at radius 2 is 2.00 bits per heavy atom. The van der Waals surface area contributed by atoms with Gasteiger partial charge >= 0.3 is 5.97 Å². The first-order valence-corrected chi connectivity index (χ1v) is 5.96. The molecule has 1 aromatic rings. The van der Waals surface area contributed by atoms with E-state index in [4.69, 9.17) is 4.74 Å². The molecule has 1 amide bonds. The number of rotatable bonds is 6. The van der Waals surface area contributed by atoms with Gasteiger partial charge in [0.05, 0.1) is 4.92 Å². The summed E-state index contributed by atoms with van der Waals surface area (Å²) in [5, 5.41) is 12.9. The van der Waals surface area contributed by atoms with E-state index in [1.54, 1.807) is 0 Å². The first-order valence-electron chi connectivity index (χ1n) is 5.96. The molecule has 1 N–H and O–H groups in total. The second kappa shape index (κ2) is 7.59. The van der Waals surface area contributed by atoms with Crippen molar-refractivity contribution < 1.29 is 19.2 Å². The van der Waals surface area contributed by atoms with Crippen LogP contribution in [-0.4, -0.2) is 23.4 Å². The number of nitrogens with zero attached hydrogens (tertiary/aromatic N) is 1. The summed E-state index contributed by atoms with van der Waals surface area (Å²) in [5.41, 5.74) is 0.389. The van der Waals surface area contributed by atoms with Crippen molar-refractivity contribution in [1.29, 1.82) is 0 Å². The summed E-state index contributed by atoms with van der Waals surface area (Å²) < 4.78 is 4.84. The molecule has 1 rings (SSSR count). The largest absolute Gasteiger partial charge is 0.457 e. The van der Waals surface area contributed by atoms with E-state index < -0.39 is 16.8 Å². The number of nitrogens with one attached hydrogen (secondary N) is 1. The molecule has 0 fully saturated rings. The van der Waals surface area contributed by atoms with Crippen LogP contribution in [-0.2, 0) is 14.3 Å². The van der Waals surface area contributed by atoms with Crippen LogP contribution in [0.1, 0.15) is 12.5 Å². The maximum Gasteiger partial charge on any atom is 0.355 e. The lowest BCUT2D eigenvalue weighted by atomic mass is 10.1. The summed E-state index contributed by atoms with van der Waals surface area (Å²) in [4.78, 5) is 32.9. The number of esters is 1. The number of carbonyl (C=O) groups excluding carboxylic acids is 2. The Balaban J connectivity index is 3.00. The average Bonchev–Trinajstić information content (AvgIpc) is 2.44. The number of nitro benzene ring substituents is 1. The molecular formula is C14H14N2O5. The van der Waals surface area contributed by atoms with Gasteiger partial charge in [0.1, 0.15) is 12.3 Å². The molecule has 0 heterocycles. The van der Waals surface area contributed by atoms with Crippen LogP contribution >= 0.6 is 0 Å². The van der Waals surface area contributed by atoms with E-state index in [0.29, 0.717) is 5.56 Å². The van der Waals surface area contributed by atoms with Crippen molar-refractivity contribution in [2.45, 2.75) is 6.92 Å². The van der Waals surface area contributed by atoms with E-state index in [1.165, 1.54) is 43.3 Å². The highest BCUT2D eigenvalue weighted by Gasteiger charge is 2.12. The summed E-state index contributed by atoms with van der Waals surface area (Å²) >= 11 is 0. The zero-order valence-electron chi connectivity index (χ0n) is 11.4. The van der Waals surface area contributed by atoms with Gasteiger partial charge in [-0.15, -0.1) is 0 Å². The molecule has 0 aromatic heterocycles. The predicted molar refractivity (Wildman–Crippen MR) is 76.0 cm³/mol. The van der Waals surface area contributed by atoms with Gasteiger partial charge in [-0.1, -0.05) is 12.7 Å². The number of hydrogen-bond donors (Lipinski definition) is 1. The van der Waals surface area contributed by atoms with Gasteiger partial charge in [-0.2, -0.15) is 0 Å². The van der Waals surface area contributed by atoms with Gasteiger partial charge in [-0.3, -0.25) is 14.9 Å². The van der Waals surface area contributed by atoms with Crippen LogP contribution in [0.15, 0.2) is 42.6 Å². The number of benzene rings is 1. The fourth-order valence-corrected chi connectivity index (χ4v) is 1.41. The minimum absolute atomic E-state index is 0.00994. The molecule has 0 saturated heterocycles. The van der Waals surface area contributed by atoms with Crippen LogP contribution in [0.2, 0.25) is 0 Å². The molecule has 0 radical (unpaired) electrons. The van der Waals surface area contributed by atoms with E-state index in [0.717, 1.165) is 0 Å². The molecule has 0 aliphatic heterocycles. The summed E-state index contributed by atoms with van der Waals surface area (Å²) in [6, 6.07) is 5.51. The van der Waals surface area contributed by atoms with E-state index in [1.807, 2.05) is 0 Å². The highest BCUT2D eigenvalue weighted by molar-refractivity contribution is 5.97. The first-order chi connectivity index (χ1) is 9.93. The Morgan fingerprint density at radius 1 is 1.38 bits per heavy atom. The molecule has 0 bridgehead atoms. The van der Waals surface area contributed by atoms with E-state index in [-0.39, 0.29) is 18.0 Å². The Morgan fingerprint density at radius 3 is 2.48 bits per heavy atom. The van der Waals surface area contributed by atoms with Gasteiger partial charge in [0.2, 0.25) is 5.91 Å². The van der Waals surface area contributed by atoms with E-state index >= 15 is 0 Å². The van der Waals surface area contributed by atoms with Crippen molar-refractivity contribution in [2.24, 2.45) is 0 Å². The Hall–Kier alpha value is -2.96. The average molecular weight is 290 g/mol. The molecule has 0 aliphatic carbocycles. The molecule has 0 spiro atoms. The highest BCUT2D eigenvalue weighted by atomic mass is 16.6. The normalized spacial score (nSPS) is 10.6. The Kier molecular flexibility index (Phi) is 5.81. The molecule has 0 saturated carbocycles. The van der Waals surface area contributed by atoms with Crippen LogP contribution in [0.5, 0.6) is 0 Å². The molecule has 7 nitrogen and oxygen atoms in total. The first kappa shape index (κ1) is 16.1. The van der Waals surface area contributed by atoms with Crippen molar-refractivity contribution in [3.05, 3.63) is 58.3 Å². The molecule has 0 aliphatic rings. The van der Waals surface area contributed by atoms with Gasteiger partial charge in [0.25, 0.3) is 5.69 Å². The third-order valence-corrected chi connectivity index (χ3v) is 2.28. The van der Waals surface area contributed by atoms with Crippen LogP contribution in [0.25, 0.3) is 6.08 Å². The molecule has 1 aromatic carbocycles. The topological polar surface area (TPSA) is 98.5 Å². The van der Waals surface area contributed by atoms with E-state index in [2.05, 4.69) is 11.9 Å². The Labute approximate surface area is 121 Å². The minimum Gasteiger partial charge on any atom is -0.457 e. The lowest BCUT2D eigenvalue weighted by Crippen LogP contribution is -2.26. The maximum absolute atomic E-state index is 11.8. The van der Waals surface area contributed by atoms with E-state index in [9.17, 15) is 19.7 Å². The third-order valence-electron chi connectivity index (χ3n) is 2.28. The summed E-state index contributed by atoms with van der Waals surface area (Å²) in [7, 11) is 0. The number of non-ortho nitro benzene ring substituents is 1. The van der Waals surface area contributed by atoms with Crippen LogP contribution in [0.3, 0.4) is 0 Å². The smallest absolute Gasteiger partial charge is 0.355 e. The van der Waals surface area contributed by atoms with Gasteiger partial charge in [-0.25, -0.2) is 4.79 Å². The van der Waals surface area contributed by atoms with Crippen LogP contribution in [0, 0.1) is 10.1 Å². The number of ether oxygens (including phenoxy) is 1. The Bertz CT molecular complexity index is 590. The fraction of sp³-hybridized carbons (Fsp3) is 0.143. The second-order valence-corrected chi connectivity index (χ2v) is 3.97. The molecule has 110 valence electrons. The van der Waals surface area contributed by atoms with Gasteiger partial charge in [0.15, 0.2) is 0 Å². The summed E-state index contributed by atoms with van der Waals surface area (Å²) in [5.74, 6) is -1.15. The lowest BCUT2D eigenvalue weighted by Gasteiger charge is -2.07. The maximum atomic E-state index is 11.8. The quantitative estimate of drug-likeness (QED) is 0.283. The number of nitro groups is 1. The fourth-order valence-electron chi connectivity index (χ4n) is 1.41. The van der Waals surface area contributed by atoms with Gasteiger partial charge < -0.3 is 10.1 Å². The zero-order valence-corrected chi connectivity index (χ0v) is 11.4. The molecular weight excluding hydrogens is 276 g/mol. The SMILES string of the molecule is C=CCOC(=O)C(=Cc1ccc([N+](=O)[O-])cc1)NC(C)=O. The number of amides is 1. The van der Waals surface area contributed by atoms with Crippen LogP contribution in [0.4, 0.5) is 5.69 Å². The van der Waals surface area contributed by atoms with Crippen molar-refractivity contribution in [3.8, 4) is 0 Å². The summed E-state index contributed by atoms with van der Waals surface area (Å²) in [6.07, 6.45) is 2.77. The van der Waals surface area contributed by atoms with Crippen LogP contribution < -0.4 is 5.32 Å². The van der Waals surface area contributed by atoms with Gasteiger partial charge in [-0.05, 0) is 23.8 Å². The van der Waals surface area contributed by atoms with Crippen molar-refractivity contribution >= 4 is 23.6 Å². The number of hydrogen-bond acceptors (Lipinski definition) is 5. The lowest BCUT2D eigenvalue weighted by molar-refractivity contribution is -0.384. The van der Waals surface area contributed by atoms with Crippen molar-refractivity contribution in [1.82, 2.24) is 5.32 Å². The standard InChI is InChI=1S/C14H14N2O5/c1-3-8-21-14(18)13(15-10(2)17)9-11-4-6-12(7-5-11)16(19)20/h3-7,9H,1,8H2,2H3,(H,15,17). The van der Waals surface area contributed by atoms with Crippen molar-refractivity contribution in [3.63, 3.8) is 0 Å². The van der Waals surface area contributed by atoms with Gasteiger partial charge in [0, 0.05) is 19.1 Å². The number of carbonyl (C=O) groups is 2. The minimum atomic E-state index is -0.719. The second-order valence-electron chi connectivity index (χ2n) is 3.97.